The van der Waals surface area contributed by atoms with Gasteiger partial charge in [-0.05, 0) is 55.4 Å². The Hall–Kier alpha value is -2.44. The van der Waals surface area contributed by atoms with Crippen molar-refractivity contribution >= 4 is 30.0 Å². The summed E-state index contributed by atoms with van der Waals surface area (Å²) in [6.45, 7) is 4.32. The van der Waals surface area contributed by atoms with E-state index in [9.17, 15) is 0 Å². The Morgan fingerprint density at radius 3 is 2.72 bits per heavy atom. The maximum atomic E-state index is 5.89. The fourth-order valence-electron chi connectivity index (χ4n) is 2.31. The molecule has 0 fully saturated rings. The molecule has 0 spiro atoms. The fraction of sp³-hybridized carbons (Fsp3) is 0.167. The fourth-order valence-corrected chi connectivity index (χ4v) is 2.64. The minimum atomic E-state index is 0.259. The van der Waals surface area contributed by atoms with Crippen molar-refractivity contribution in [1.82, 2.24) is 14.9 Å². The largest absolute Gasteiger partial charge is 0.485 e. The van der Waals surface area contributed by atoms with E-state index in [2.05, 4.69) is 21.4 Å². The molecular formula is C18H17ClN4OS. The summed E-state index contributed by atoms with van der Waals surface area (Å²) in [4.78, 5) is 0. The van der Waals surface area contributed by atoms with Gasteiger partial charge in [0.25, 0.3) is 0 Å². The molecule has 0 saturated heterocycles. The lowest BCUT2D eigenvalue weighted by atomic mass is 10.1. The standard InChI is InChI=1S/C18H17ClN4OS/c1-12-3-8-16(13(2)9-12)24-11-17-21-22-18(25)23(17)20-10-14-4-6-15(19)7-5-14/h3-10H,11H2,1-2H3,(H,22,25)/b20-10-. The number of aromatic amines is 1. The summed E-state index contributed by atoms with van der Waals surface area (Å²) in [5.74, 6) is 1.41. The maximum Gasteiger partial charge on any atom is 0.216 e. The summed E-state index contributed by atoms with van der Waals surface area (Å²) in [5, 5.41) is 12.0. The molecule has 25 heavy (non-hydrogen) atoms. The summed E-state index contributed by atoms with van der Waals surface area (Å²) < 4.78 is 7.81. The smallest absolute Gasteiger partial charge is 0.216 e. The second-order valence-electron chi connectivity index (χ2n) is 5.61. The van der Waals surface area contributed by atoms with Gasteiger partial charge in [0.1, 0.15) is 12.4 Å². The van der Waals surface area contributed by atoms with Gasteiger partial charge < -0.3 is 4.74 Å². The Morgan fingerprint density at radius 1 is 1.24 bits per heavy atom. The van der Waals surface area contributed by atoms with Crippen molar-refractivity contribution < 1.29 is 4.74 Å². The number of nitrogens with zero attached hydrogens (tertiary/aromatic N) is 3. The summed E-state index contributed by atoms with van der Waals surface area (Å²) in [5.41, 5.74) is 3.18. The Labute approximate surface area is 155 Å². The van der Waals surface area contributed by atoms with Gasteiger partial charge in [0, 0.05) is 5.02 Å². The molecule has 0 unspecified atom stereocenters. The van der Waals surface area contributed by atoms with Gasteiger partial charge >= 0.3 is 0 Å². The van der Waals surface area contributed by atoms with Crippen molar-refractivity contribution in [1.29, 1.82) is 0 Å². The van der Waals surface area contributed by atoms with Gasteiger partial charge in [-0.2, -0.15) is 14.9 Å². The first-order chi connectivity index (χ1) is 12.0. The Kier molecular flexibility index (Phi) is 5.31. The van der Waals surface area contributed by atoms with Crippen molar-refractivity contribution in [2.24, 2.45) is 5.10 Å². The number of H-pyrrole nitrogens is 1. The van der Waals surface area contributed by atoms with E-state index >= 15 is 0 Å². The lowest BCUT2D eigenvalue weighted by molar-refractivity contribution is 0.288. The number of rotatable bonds is 5. The lowest BCUT2D eigenvalue weighted by Gasteiger charge is -2.09. The molecule has 2 aromatic carbocycles. The first-order valence-electron chi connectivity index (χ1n) is 7.69. The number of aromatic nitrogens is 3. The van der Waals surface area contributed by atoms with Crippen LogP contribution in [-0.2, 0) is 6.61 Å². The van der Waals surface area contributed by atoms with Crippen LogP contribution in [0.4, 0.5) is 0 Å². The van der Waals surface area contributed by atoms with E-state index in [1.54, 1.807) is 10.9 Å². The Bertz CT molecular complexity index is 960. The minimum absolute atomic E-state index is 0.259. The maximum absolute atomic E-state index is 5.89. The minimum Gasteiger partial charge on any atom is -0.485 e. The van der Waals surface area contributed by atoms with E-state index in [-0.39, 0.29) is 6.61 Å². The Morgan fingerprint density at radius 2 is 2.00 bits per heavy atom. The quantitative estimate of drug-likeness (QED) is 0.523. The van der Waals surface area contributed by atoms with Crippen LogP contribution in [0.5, 0.6) is 5.75 Å². The topological polar surface area (TPSA) is 55.2 Å². The van der Waals surface area contributed by atoms with Gasteiger partial charge in [0.05, 0.1) is 6.21 Å². The predicted octanol–water partition coefficient (Wildman–Crippen LogP) is 4.67. The molecule has 5 nitrogen and oxygen atoms in total. The van der Waals surface area contributed by atoms with E-state index in [4.69, 9.17) is 28.6 Å². The number of hydrogen-bond donors (Lipinski definition) is 1. The normalized spacial score (nSPS) is 11.2. The van der Waals surface area contributed by atoms with Crippen molar-refractivity contribution in [3.05, 3.63) is 74.8 Å². The van der Waals surface area contributed by atoms with Crippen LogP contribution < -0.4 is 4.74 Å². The predicted molar refractivity (Wildman–Crippen MR) is 102 cm³/mol. The van der Waals surface area contributed by atoms with Crippen LogP contribution in [0.2, 0.25) is 5.02 Å². The van der Waals surface area contributed by atoms with Gasteiger partial charge in [0.2, 0.25) is 4.77 Å². The van der Waals surface area contributed by atoms with Gasteiger partial charge in [-0.15, -0.1) is 0 Å². The highest BCUT2D eigenvalue weighted by Gasteiger charge is 2.07. The number of halogens is 1. The van der Waals surface area contributed by atoms with Crippen molar-refractivity contribution in [2.75, 3.05) is 0 Å². The highest BCUT2D eigenvalue weighted by molar-refractivity contribution is 7.71. The second kappa shape index (κ2) is 7.63. The zero-order chi connectivity index (χ0) is 17.8. The number of aryl methyl sites for hydroxylation is 2. The summed E-state index contributed by atoms with van der Waals surface area (Å²) in [7, 11) is 0. The molecule has 0 saturated carbocycles. The average molecular weight is 373 g/mol. The van der Waals surface area contributed by atoms with Gasteiger partial charge in [-0.25, -0.2) is 5.10 Å². The monoisotopic (exact) mass is 372 g/mol. The molecule has 0 aliphatic rings. The van der Waals surface area contributed by atoms with Crippen LogP contribution in [0.15, 0.2) is 47.6 Å². The van der Waals surface area contributed by atoms with Crippen LogP contribution in [0.1, 0.15) is 22.5 Å². The molecule has 0 atom stereocenters. The second-order valence-corrected chi connectivity index (χ2v) is 6.43. The Balaban J connectivity index is 1.77. The SMILES string of the molecule is Cc1ccc(OCc2n[nH]c(=S)n2/N=C\c2ccc(Cl)cc2)c(C)c1. The lowest BCUT2D eigenvalue weighted by Crippen LogP contribution is -2.05. The zero-order valence-corrected chi connectivity index (χ0v) is 15.4. The highest BCUT2D eigenvalue weighted by Crippen LogP contribution is 2.19. The molecule has 3 rings (SSSR count). The molecule has 0 radical (unpaired) electrons. The van der Waals surface area contributed by atoms with E-state index in [1.807, 2.05) is 50.2 Å². The van der Waals surface area contributed by atoms with Crippen LogP contribution in [0.3, 0.4) is 0 Å². The third-order valence-corrected chi connectivity index (χ3v) is 4.11. The van der Waals surface area contributed by atoms with Crippen molar-refractivity contribution in [2.45, 2.75) is 20.5 Å². The van der Waals surface area contributed by atoms with E-state index in [0.29, 0.717) is 15.6 Å². The summed E-state index contributed by atoms with van der Waals surface area (Å²) >= 11 is 11.1. The first-order valence-corrected chi connectivity index (χ1v) is 8.48. The van der Waals surface area contributed by atoms with E-state index in [1.165, 1.54) is 5.56 Å². The zero-order valence-electron chi connectivity index (χ0n) is 13.9. The summed E-state index contributed by atoms with van der Waals surface area (Å²) in [6.07, 6.45) is 1.70. The van der Waals surface area contributed by atoms with Gasteiger partial charge in [0.15, 0.2) is 5.82 Å². The molecule has 0 aliphatic heterocycles. The average Bonchev–Trinajstić information content (AvgIpc) is 2.94. The van der Waals surface area contributed by atoms with Gasteiger partial charge in [-0.3, -0.25) is 0 Å². The third-order valence-electron chi connectivity index (χ3n) is 3.60. The third kappa shape index (κ3) is 4.35. The molecule has 1 aromatic heterocycles. The molecule has 1 heterocycles. The van der Waals surface area contributed by atoms with E-state index < -0.39 is 0 Å². The number of ether oxygens (including phenoxy) is 1. The number of benzene rings is 2. The highest BCUT2D eigenvalue weighted by atomic mass is 35.5. The first kappa shape index (κ1) is 17.4. The van der Waals surface area contributed by atoms with Crippen LogP contribution in [0, 0.1) is 18.6 Å². The van der Waals surface area contributed by atoms with Crippen LogP contribution in [0.25, 0.3) is 0 Å². The van der Waals surface area contributed by atoms with Crippen molar-refractivity contribution in [3.63, 3.8) is 0 Å². The molecule has 1 N–H and O–H groups in total. The van der Waals surface area contributed by atoms with Crippen LogP contribution in [-0.4, -0.2) is 21.1 Å². The van der Waals surface area contributed by atoms with E-state index in [0.717, 1.165) is 16.9 Å². The molecule has 0 aliphatic carbocycles. The van der Waals surface area contributed by atoms with Gasteiger partial charge in [-0.1, -0.05) is 41.4 Å². The summed E-state index contributed by atoms with van der Waals surface area (Å²) in [6, 6.07) is 13.4. The van der Waals surface area contributed by atoms with Crippen molar-refractivity contribution in [3.8, 4) is 5.75 Å². The van der Waals surface area contributed by atoms with Crippen LogP contribution >= 0.6 is 23.8 Å². The molecule has 0 bridgehead atoms. The molecular weight excluding hydrogens is 356 g/mol. The molecule has 3 aromatic rings. The number of hydrogen-bond acceptors (Lipinski definition) is 4. The molecule has 128 valence electrons. The molecule has 0 amide bonds. The molecule has 7 heteroatoms. The number of nitrogens with one attached hydrogen (secondary N) is 1.